The standard InChI is InChI=1S/C32H46N4O4S2/c1-5-7-8-9-10-11-12-13-14-15-19-36-30(38)27(42-32(36)41)20-25-23(3)26(21-33)29(37)34(4)28(25)35-18-16-17-24(22-35)31(39)40-6-2/h20,24H,5-19,22H2,1-4H3/b27-20-. The summed E-state index contributed by atoms with van der Waals surface area (Å²) in [5.74, 6) is -0.0871. The zero-order valence-corrected chi connectivity index (χ0v) is 27.3. The van der Waals surface area contributed by atoms with E-state index in [1.165, 1.54) is 67.7 Å². The van der Waals surface area contributed by atoms with Crippen molar-refractivity contribution in [2.24, 2.45) is 13.0 Å². The Hall–Kier alpha value is -2.64. The molecule has 2 aliphatic heterocycles. The molecule has 0 N–H and O–H groups in total. The van der Waals surface area contributed by atoms with E-state index < -0.39 is 5.56 Å². The van der Waals surface area contributed by atoms with Crippen LogP contribution in [0.3, 0.4) is 0 Å². The lowest BCUT2D eigenvalue weighted by Gasteiger charge is -2.35. The fourth-order valence-corrected chi connectivity index (χ4v) is 7.09. The van der Waals surface area contributed by atoms with Crippen LogP contribution < -0.4 is 10.5 Å². The molecule has 0 radical (unpaired) electrons. The van der Waals surface area contributed by atoms with E-state index in [0.29, 0.717) is 58.8 Å². The number of rotatable bonds is 15. The average Bonchev–Trinajstić information content (AvgIpc) is 3.24. The largest absolute Gasteiger partial charge is 0.466 e. The second kappa shape index (κ2) is 16.9. The fourth-order valence-electron chi connectivity index (χ4n) is 5.80. The average molecular weight is 615 g/mol. The van der Waals surface area contributed by atoms with Crippen molar-refractivity contribution in [2.45, 2.75) is 97.8 Å². The van der Waals surface area contributed by atoms with Crippen molar-refractivity contribution in [1.82, 2.24) is 9.47 Å². The number of anilines is 1. The van der Waals surface area contributed by atoms with Gasteiger partial charge in [-0.3, -0.25) is 23.9 Å². The number of nitriles is 1. The first-order chi connectivity index (χ1) is 20.2. The summed E-state index contributed by atoms with van der Waals surface area (Å²) in [7, 11) is 1.64. The second-order valence-electron chi connectivity index (χ2n) is 11.3. The van der Waals surface area contributed by atoms with E-state index in [0.717, 1.165) is 19.3 Å². The molecule has 3 rings (SSSR count). The lowest BCUT2D eigenvalue weighted by molar-refractivity contribution is -0.148. The molecule has 0 aliphatic carbocycles. The molecule has 1 amide bonds. The quantitative estimate of drug-likeness (QED) is 0.0961. The number of piperidine rings is 1. The highest BCUT2D eigenvalue weighted by atomic mass is 32.2. The van der Waals surface area contributed by atoms with Crippen molar-refractivity contribution in [2.75, 3.05) is 31.1 Å². The van der Waals surface area contributed by atoms with Crippen LogP contribution in [0.25, 0.3) is 6.08 Å². The van der Waals surface area contributed by atoms with Crippen LogP contribution in [0, 0.1) is 24.2 Å². The summed E-state index contributed by atoms with van der Waals surface area (Å²) in [5, 5.41) is 9.78. The van der Waals surface area contributed by atoms with Crippen molar-refractivity contribution in [3.63, 3.8) is 0 Å². The number of amides is 1. The molecule has 2 saturated heterocycles. The zero-order chi connectivity index (χ0) is 30.6. The number of hydrogen-bond donors (Lipinski definition) is 0. The summed E-state index contributed by atoms with van der Waals surface area (Å²) in [5.41, 5.74) is 0.813. The van der Waals surface area contributed by atoms with E-state index >= 15 is 0 Å². The van der Waals surface area contributed by atoms with E-state index in [2.05, 4.69) is 13.0 Å². The number of ether oxygens (including phenoxy) is 1. The van der Waals surface area contributed by atoms with E-state index in [1.54, 1.807) is 31.9 Å². The monoisotopic (exact) mass is 614 g/mol. The second-order valence-corrected chi connectivity index (χ2v) is 12.9. The van der Waals surface area contributed by atoms with Crippen LogP contribution in [0.2, 0.25) is 0 Å². The first-order valence-electron chi connectivity index (χ1n) is 15.6. The van der Waals surface area contributed by atoms with Crippen LogP contribution in [0.4, 0.5) is 5.82 Å². The minimum atomic E-state index is -0.395. The number of pyridine rings is 1. The maximum Gasteiger partial charge on any atom is 0.310 e. The Labute approximate surface area is 260 Å². The van der Waals surface area contributed by atoms with Gasteiger partial charge in [0.15, 0.2) is 0 Å². The Morgan fingerprint density at radius 2 is 1.74 bits per heavy atom. The predicted octanol–water partition coefficient (Wildman–Crippen LogP) is 6.47. The number of thioether (sulfide) groups is 1. The topological polar surface area (TPSA) is 95.6 Å². The Kier molecular flexibility index (Phi) is 13.6. The molecule has 8 nitrogen and oxygen atoms in total. The van der Waals surface area contributed by atoms with Gasteiger partial charge in [-0.2, -0.15) is 5.26 Å². The highest BCUT2D eigenvalue weighted by Crippen LogP contribution is 2.37. The van der Waals surface area contributed by atoms with Crippen LogP contribution >= 0.6 is 24.0 Å². The van der Waals surface area contributed by atoms with Crippen LogP contribution in [0.1, 0.15) is 108 Å². The normalized spacial score (nSPS) is 18.2. The van der Waals surface area contributed by atoms with Crippen LogP contribution in [0.15, 0.2) is 9.70 Å². The number of carbonyl (C=O) groups excluding carboxylic acids is 2. The number of nitrogens with zero attached hydrogens (tertiary/aromatic N) is 4. The first-order valence-corrected chi connectivity index (χ1v) is 16.8. The molecule has 0 bridgehead atoms. The summed E-state index contributed by atoms with van der Waals surface area (Å²) in [6.45, 7) is 7.72. The van der Waals surface area contributed by atoms with Crippen molar-refractivity contribution < 1.29 is 14.3 Å². The maximum atomic E-state index is 13.5. The maximum absolute atomic E-state index is 13.5. The van der Waals surface area contributed by atoms with Gasteiger partial charge in [0.25, 0.3) is 11.5 Å². The molecule has 42 heavy (non-hydrogen) atoms. The molecule has 1 unspecified atom stereocenters. The predicted molar refractivity (Wildman–Crippen MR) is 174 cm³/mol. The van der Waals surface area contributed by atoms with Gasteiger partial charge in [-0.05, 0) is 44.7 Å². The number of unbranched alkanes of at least 4 members (excludes halogenated alkanes) is 9. The Morgan fingerprint density at radius 3 is 2.36 bits per heavy atom. The summed E-state index contributed by atoms with van der Waals surface area (Å²) in [6.07, 6.45) is 15.5. The third-order valence-corrected chi connectivity index (χ3v) is 9.57. The molecule has 1 aromatic rings. The van der Waals surface area contributed by atoms with Crippen molar-refractivity contribution in [3.05, 3.63) is 31.9 Å². The third-order valence-electron chi connectivity index (χ3n) is 8.19. The van der Waals surface area contributed by atoms with Gasteiger partial charge in [0.2, 0.25) is 0 Å². The van der Waals surface area contributed by atoms with Gasteiger partial charge < -0.3 is 9.64 Å². The Balaban J connectivity index is 1.75. The molecular formula is C32H46N4O4S2. The van der Waals surface area contributed by atoms with E-state index in [4.69, 9.17) is 17.0 Å². The van der Waals surface area contributed by atoms with Gasteiger partial charge in [-0.15, -0.1) is 0 Å². The minimum Gasteiger partial charge on any atom is -0.466 e. The molecule has 2 aliphatic rings. The van der Waals surface area contributed by atoms with Gasteiger partial charge in [0.1, 0.15) is 21.8 Å². The molecule has 1 atom stereocenters. The van der Waals surface area contributed by atoms with Gasteiger partial charge >= 0.3 is 5.97 Å². The minimum absolute atomic E-state index is 0.0484. The highest BCUT2D eigenvalue weighted by Gasteiger charge is 2.34. The van der Waals surface area contributed by atoms with E-state index in [9.17, 15) is 19.6 Å². The summed E-state index contributed by atoms with van der Waals surface area (Å²) in [4.78, 5) is 43.3. The van der Waals surface area contributed by atoms with Crippen LogP contribution in [-0.4, -0.2) is 51.9 Å². The lowest BCUT2D eigenvalue weighted by Crippen LogP contribution is -2.42. The first kappa shape index (κ1) is 33.9. The molecule has 3 heterocycles. The van der Waals surface area contributed by atoms with Crippen molar-refractivity contribution >= 4 is 52.1 Å². The molecule has 2 fully saturated rings. The third kappa shape index (κ3) is 8.47. The molecule has 230 valence electrons. The van der Waals surface area contributed by atoms with Crippen LogP contribution in [0.5, 0.6) is 0 Å². The summed E-state index contributed by atoms with van der Waals surface area (Å²) >= 11 is 6.86. The molecule has 0 saturated carbocycles. The van der Waals surface area contributed by atoms with Gasteiger partial charge in [-0.1, -0.05) is 88.7 Å². The summed E-state index contributed by atoms with van der Waals surface area (Å²) < 4.78 is 7.28. The smallest absolute Gasteiger partial charge is 0.310 e. The molecule has 0 aromatic carbocycles. The summed E-state index contributed by atoms with van der Waals surface area (Å²) in [6, 6.07) is 2.05. The van der Waals surface area contributed by atoms with Crippen molar-refractivity contribution in [1.29, 1.82) is 5.26 Å². The SMILES string of the molecule is CCCCCCCCCCCCN1C(=O)/C(=C/c2c(C)c(C#N)c(=O)n(C)c2N2CCCC(C(=O)OCC)C2)SC1=S. The highest BCUT2D eigenvalue weighted by molar-refractivity contribution is 8.26. The van der Waals surface area contributed by atoms with Crippen LogP contribution in [-0.2, 0) is 21.4 Å². The molecule has 10 heteroatoms. The Bertz CT molecular complexity index is 1270. The number of aromatic nitrogens is 1. The fraction of sp³-hybridized carbons (Fsp3) is 0.656. The number of thiocarbonyl (C=S) groups is 1. The van der Waals surface area contributed by atoms with E-state index in [1.807, 2.05) is 4.90 Å². The zero-order valence-electron chi connectivity index (χ0n) is 25.7. The number of esters is 1. The van der Waals surface area contributed by atoms with Crippen molar-refractivity contribution in [3.8, 4) is 6.07 Å². The van der Waals surface area contributed by atoms with E-state index in [-0.39, 0.29) is 23.4 Å². The molecule has 0 spiro atoms. The lowest BCUT2D eigenvalue weighted by atomic mass is 9.96. The molecular weight excluding hydrogens is 569 g/mol. The molecule has 1 aromatic heterocycles. The number of hydrogen-bond acceptors (Lipinski definition) is 8. The van der Waals surface area contributed by atoms with Gasteiger partial charge in [0, 0.05) is 32.2 Å². The number of carbonyl (C=O) groups is 2. The van der Waals surface area contributed by atoms with Gasteiger partial charge in [-0.25, -0.2) is 0 Å². The van der Waals surface area contributed by atoms with Gasteiger partial charge in [0.05, 0.1) is 17.4 Å². The Morgan fingerprint density at radius 1 is 1.10 bits per heavy atom.